The van der Waals surface area contributed by atoms with Crippen molar-refractivity contribution < 1.29 is 12.8 Å². The van der Waals surface area contributed by atoms with Gasteiger partial charge in [-0.25, -0.2) is 27.5 Å². The Hall–Kier alpha value is -2.06. The normalized spacial score (nSPS) is 15.3. The average Bonchev–Trinajstić information content (AvgIpc) is 2.63. The van der Waals surface area contributed by atoms with Crippen LogP contribution in [0.15, 0.2) is 36.5 Å². The van der Waals surface area contributed by atoms with Gasteiger partial charge in [0.1, 0.15) is 17.5 Å². The molecule has 0 amide bonds. The van der Waals surface area contributed by atoms with Gasteiger partial charge in [0.05, 0.1) is 12.3 Å². The van der Waals surface area contributed by atoms with Gasteiger partial charge < -0.3 is 4.90 Å². The van der Waals surface area contributed by atoms with Crippen molar-refractivity contribution in [1.82, 2.24) is 14.7 Å². The standard InChI is InChI=1S/C17H21FN4O2S/c18-15-7-3-2-6-14(15)13-25(23,24)20-12-16-19-9-8-17(21-16)22-10-4-1-5-11-22/h2-3,6-9,20H,1,4-5,10-13H2. The molecule has 6 nitrogen and oxygen atoms in total. The van der Waals surface area contributed by atoms with E-state index in [2.05, 4.69) is 19.6 Å². The quantitative estimate of drug-likeness (QED) is 0.851. The summed E-state index contributed by atoms with van der Waals surface area (Å²) in [6.07, 6.45) is 5.13. The number of anilines is 1. The summed E-state index contributed by atoms with van der Waals surface area (Å²) in [5.74, 6) is 0.278. The first-order valence-electron chi connectivity index (χ1n) is 8.31. The van der Waals surface area contributed by atoms with Gasteiger partial charge in [0.2, 0.25) is 10.0 Å². The predicted molar refractivity (Wildman–Crippen MR) is 94.0 cm³/mol. The molecule has 2 aromatic rings. The molecular weight excluding hydrogens is 343 g/mol. The molecule has 0 bridgehead atoms. The number of halogens is 1. The van der Waals surface area contributed by atoms with E-state index in [4.69, 9.17) is 0 Å². The molecule has 0 saturated carbocycles. The van der Waals surface area contributed by atoms with Crippen LogP contribution in [-0.2, 0) is 22.3 Å². The highest BCUT2D eigenvalue weighted by Gasteiger charge is 2.16. The van der Waals surface area contributed by atoms with Crippen molar-refractivity contribution >= 4 is 15.8 Å². The predicted octanol–water partition coefficient (Wildman–Crippen LogP) is 2.23. The Morgan fingerprint density at radius 2 is 1.88 bits per heavy atom. The Balaban J connectivity index is 1.63. The third-order valence-electron chi connectivity index (χ3n) is 4.12. The van der Waals surface area contributed by atoms with Gasteiger partial charge in [-0.15, -0.1) is 0 Å². The molecule has 0 radical (unpaired) electrons. The van der Waals surface area contributed by atoms with Crippen molar-refractivity contribution in [2.45, 2.75) is 31.6 Å². The van der Waals surface area contributed by atoms with Crippen molar-refractivity contribution in [2.75, 3.05) is 18.0 Å². The molecule has 8 heteroatoms. The fourth-order valence-corrected chi connectivity index (χ4v) is 3.91. The van der Waals surface area contributed by atoms with Gasteiger partial charge >= 0.3 is 0 Å². The van der Waals surface area contributed by atoms with E-state index < -0.39 is 21.6 Å². The van der Waals surface area contributed by atoms with E-state index >= 15 is 0 Å². The van der Waals surface area contributed by atoms with Crippen LogP contribution >= 0.6 is 0 Å². The van der Waals surface area contributed by atoms with Crippen molar-refractivity contribution in [3.8, 4) is 0 Å². The molecule has 25 heavy (non-hydrogen) atoms. The molecule has 1 N–H and O–H groups in total. The summed E-state index contributed by atoms with van der Waals surface area (Å²) < 4.78 is 40.4. The maximum Gasteiger partial charge on any atom is 0.216 e. The van der Waals surface area contributed by atoms with E-state index in [1.54, 1.807) is 12.3 Å². The monoisotopic (exact) mass is 364 g/mol. The highest BCUT2D eigenvalue weighted by atomic mass is 32.2. The highest BCUT2D eigenvalue weighted by molar-refractivity contribution is 7.88. The number of benzene rings is 1. The van der Waals surface area contributed by atoms with Crippen molar-refractivity contribution in [2.24, 2.45) is 0 Å². The summed E-state index contributed by atoms with van der Waals surface area (Å²) >= 11 is 0. The Bertz CT molecular complexity index is 823. The molecule has 134 valence electrons. The SMILES string of the molecule is O=S(=O)(Cc1ccccc1F)NCc1nccc(N2CCCCC2)n1. The second-order valence-electron chi connectivity index (χ2n) is 6.05. The lowest BCUT2D eigenvalue weighted by Crippen LogP contribution is -2.31. The Morgan fingerprint density at radius 1 is 1.12 bits per heavy atom. The fraction of sp³-hybridized carbons (Fsp3) is 0.412. The summed E-state index contributed by atoms with van der Waals surface area (Å²) in [5, 5.41) is 0. The van der Waals surface area contributed by atoms with Gasteiger partial charge in [-0.3, -0.25) is 0 Å². The lowest BCUT2D eigenvalue weighted by molar-refractivity contribution is 0.567. The van der Waals surface area contributed by atoms with Gasteiger partial charge in [0.15, 0.2) is 0 Å². The van der Waals surface area contributed by atoms with Crippen molar-refractivity contribution in [3.05, 3.63) is 53.7 Å². The molecule has 1 aromatic heterocycles. The summed E-state index contributed by atoms with van der Waals surface area (Å²) in [4.78, 5) is 10.7. The van der Waals surface area contributed by atoms with Crippen LogP contribution in [0.25, 0.3) is 0 Å². The summed E-state index contributed by atoms with van der Waals surface area (Å²) in [7, 11) is -3.68. The average molecular weight is 364 g/mol. The summed E-state index contributed by atoms with van der Waals surface area (Å²) in [6.45, 7) is 1.89. The fourth-order valence-electron chi connectivity index (χ4n) is 2.82. The first-order chi connectivity index (χ1) is 12.0. The number of piperidine rings is 1. The number of hydrogen-bond donors (Lipinski definition) is 1. The maximum absolute atomic E-state index is 13.6. The van der Waals surface area contributed by atoms with Crippen LogP contribution < -0.4 is 9.62 Å². The smallest absolute Gasteiger partial charge is 0.216 e. The van der Waals surface area contributed by atoms with Crippen LogP contribution in [0.4, 0.5) is 10.2 Å². The minimum Gasteiger partial charge on any atom is -0.357 e. The van der Waals surface area contributed by atoms with Crippen LogP contribution in [0, 0.1) is 5.82 Å². The van der Waals surface area contributed by atoms with E-state index in [-0.39, 0.29) is 12.1 Å². The third-order valence-corrected chi connectivity index (χ3v) is 5.40. The Morgan fingerprint density at radius 3 is 2.64 bits per heavy atom. The number of nitrogens with one attached hydrogen (secondary N) is 1. The van der Waals surface area contributed by atoms with Gasteiger partial charge in [-0.1, -0.05) is 18.2 Å². The molecule has 2 heterocycles. The van der Waals surface area contributed by atoms with Crippen molar-refractivity contribution in [3.63, 3.8) is 0 Å². The molecular formula is C17H21FN4O2S. The van der Waals surface area contributed by atoms with E-state index in [9.17, 15) is 12.8 Å². The zero-order chi connectivity index (χ0) is 17.7. The number of rotatable bonds is 6. The summed E-state index contributed by atoms with van der Waals surface area (Å²) in [5.41, 5.74) is 0.137. The molecule has 3 rings (SSSR count). The van der Waals surface area contributed by atoms with E-state index in [1.807, 2.05) is 6.07 Å². The molecule has 0 spiro atoms. The van der Waals surface area contributed by atoms with Crippen LogP contribution in [0.2, 0.25) is 0 Å². The van der Waals surface area contributed by atoms with E-state index in [1.165, 1.54) is 24.6 Å². The molecule has 1 aliphatic heterocycles. The van der Waals surface area contributed by atoms with Gasteiger partial charge in [-0.05, 0) is 31.4 Å². The number of hydrogen-bond acceptors (Lipinski definition) is 5. The lowest BCUT2D eigenvalue weighted by Gasteiger charge is -2.27. The maximum atomic E-state index is 13.6. The highest BCUT2D eigenvalue weighted by Crippen LogP contribution is 2.17. The second-order valence-corrected chi connectivity index (χ2v) is 7.86. The first-order valence-corrected chi connectivity index (χ1v) is 9.96. The Labute approximate surface area is 147 Å². The topological polar surface area (TPSA) is 75.2 Å². The minimum atomic E-state index is -3.68. The lowest BCUT2D eigenvalue weighted by atomic mass is 10.1. The number of nitrogens with zero attached hydrogens (tertiary/aromatic N) is 3. The molecule has 0 aliphatic carbocycles. The van der Waals surface area contributed by atoms with Gasteiger partial charge in [0, 0.05) is 24.8 Å². The summed E-state index contributed by atoms with van der Waals surface area (Å²) in [6, 6.07) is 7.68. The van der Waals surface area contributed by atoms with E-state index in [0.29, 0.717) is 5.82 Å². The van der Waals surface area contributed by atoms with Crippen molar-refractivity contribution in [1.29, 1.82) is 0 Å². The number of aromatic nitrogens is 2. The zero-order valence-corrected chi connectivity index (χ0v) is 14.7. The molecule has 1 aliphatic rings. The molecule has 1 aromatic carbocycles. The molecule has 0 atom stereocenters. The van der Waals surface area contributed by atoms with Gasteiger partial charge in [0.25, 0.3) is 0 Å². The largest absolute Gasteiger partial charge is 0.357 e. The number of sulfonamides is 1. The molecule has 0 unspecified atom stereocenters. The van der Waals surface area contributed by atoms with Crippen LogP contribution in [-0.4, -0.2) is 31.5 Å². The van der Waals surface area contributed by atoms with E-state index in [0.717, 1.165) is 31.7 Å². The first kappa shape index (κ1) is 17.8. The van der Waals surface area contributed by atoms with Crippen LogP contribution in [0.5, 0.6) is 0 Å². The minimum absolute atomic E-state index is 0.0154. The third kappa shape index (κ3) is 4.96. The Kier molecular flexibility index (Phi) is 5.60. The molecule has 1 saturated heterocycles. The van der Waals surface area contributed by atoms with Gasteiger partial charge in [-0.2, -0.15) is 0 Å². The van der Waals surface area contributed by atoms with Crippen LogP contribution in [0.1, 0.15) is 30.7 Å². The zero-order valence-electron chi connectivity index (χ0n) is 13.9. The van der Waals surface area contributed by atoms with Crippen LogP contribution in [0.3, 0.4) is 0 Å². The second kappa shape index (κ2) is 7.88. The molecule has 1 fully saturated rings.